The maximum Gasteiger partial charge on any atom is 0.290 e. The van der Waals surface area contributed by atoms with Gasteiger partial charge >= 0.3 is 0 Å². The molecule has 38 heavy (non-hydrogen) atoms. The van der Waals surface area contributed by atoms with Crippen LogP contribution in [0.4, 0.5) is 5.69 Å². The van der Waals surface area contributed by atoms with Crippen LogP contribution in [0.2, 0.25) is 0 Å². The van der Waals surface area contributed by atoms with Crippen molar-refractivity contribution in [2.45, 2.75) is 32.5 Å². The van der Waals surface area contributed by atoms with Gasteiger partial charge in [0.05, 0.1) is 23.8 Å². The lowest BCUT2D eigenvalue weighted by Gasteiger charge is -2.34. The van der Waals surface area contributed by atoms with Crippen molar-refractivity contribution < 1.29 is 14.0 Å². The van der Waals surface area contributed by atoms with E-state index in [0.717, 1.165) is 27.8 Å². The third-order valence-electron chi connectivity index (χ3n) is 7.10. The monoisotopic (exact) mass is 510 g/mol. The van der Waals surface area contributed by atoms with E-state index in [-0.39, 0.29) is 29.7 Å². The summed E-state index contributed by atoms with van der Waals surface area (Å²) >= 11 is 0. The van der Waals surface area contributed by atoms with E-state index in [2.05, 4.69) is 25.6 Å². The predicted octanol–water partition coefficient (Wildman–Crippen LogP) is 3.23. The van der Waals surface area contributed by atoms with E-state index < -0.39 is 6.04 Å². The Labute approximate surface area is 217 Å². The van der Waals surface area contributed by atoms with Crippen molar-refractivity contribution in [3.63, 3.8) is 0 Å². The summed E-state index contributed by atoms with van der Waals surface area (Å²) in [5.74, 6) is -0.388. The quantitative estimate of drug-likeness (QED) is 0.287. The molecule has 3 aromatic heterocycles. The van der Waals surface area contributed by atoms with Crippen molar-refractivity contribution >= 4 is 39.4 Å². The van der Waals surface area contributed by atoms with E-state index in [0.29, 0.717) is 35.3 Å². The Bertz CT molecular complexity index is 1760. The summed E-state index contributed by atoms with van der Waals surface area (Å²) in [4.78, 5) is 50.6. The van der Waals surface area contributed by atoms with Gasteiger partial charge < -0.3 is 29.9 Å². The Morgan fingerprint density at radius 1 is 1.13 bits per heavy atom. The lowest BCUT2D eigenvalue weighted by atomic mass is 9.95. The number of fused-ring (bicyclic) bond motifs is 4. The number of aromatic amines is 2. The zero-order valence-electron chi connectivity index (χ0n) is 20.9. The van der Waals surface area contributed by atoms with Crippen LogP contribution >= 0.6 is 0 Å². The van der Waals surface area contributed by atoms with Crippen molar-refractivity contribution in [3.05, 3.63) is 93.4 Å². The second-order valence-corrected chi connectivity index (χ2v) is 9.41. The lowest BCUT2D eigenvalue weighted by molar-refractivity contribution is -0.125. The number of aryl methyl sites for hydroxylation is 1. The number of furan rings is 1. The van der Waals surface area contributed by atoms with Crippen molar-refractivity contribution in [1.29, 1.82) is 0 Å². The summed E-state index contributed by atoms with van der Waals surface area (Å²) in [6, 6.07) is 14.5. The fourth-order valence-electron chi connectivity index (χ4n) is 5.10. The Morgan fingerprint density at radius 3 is 2.82 bits per heavy atom. The minimum Gasteiger partial charge on any atom is -0.459 e. The van der Waals surface area contributed by atoms with Crippen LogP contribution < -0.4 is 16.2 Å². The number of para-hydroxylation sites is 1. The normalized spacial score (nSPS) is 15.0. The molecule has 6 rings (SSSR count). The molecule has 1 aliphatic rings. The molecule has 192 valence electrons. The van der Waals surface area contributed by atoms with Gasteiger partial charge in [-0.25, -0.2) is 4.98 Å². The number of anilines is 1. The number of aromatic nitrogens is 3. The van der Waals surface area contributed by atoms with Gasteiger partial charge in [-0.05, 0) is 42.8 Å². The minimum absolute atomic E-state index is 0.185. The SMILES string of the molecule is CNC(=O)C1Cc2c([nH]c3ccccc23)CN1C(=O)c1occc1CNc1ccc2[nH]c(=O)c(C)nc2c1. The molecule has 1 atom stereocenters. The van der Waals surface area contributed by atoms with Gasteiger partial charge in [0.25, 0.3) is 11.5 Å². The van der Waals surface area contributed by atoms with Gasteiger partial charge in [0.2, 0.25) is 5.91 Å². The summed E-state index contributed by atoms with van der Waals surface area (Å²) in [5.41, 5.74) is 5.88. The second kappa shape index (κ2) is 9.22. The number of benzene rings is 2. The number of hydrogen-bond acceptors (Lipinski definition) is 6. The van der Waals surface area contributed by atoms with E-state index in [1.54, 1.807) is 31.0 Å². The Kier molecular flexibility index (Phi) is 5.71. The highest BCUT2D eigenvalue weighted by atomic mass is 16.3. The maximum atomic E-state index is 13.8. The molecule has 2 aromatic carbocycles. The van der Waals surface area contributed by atoms with E-state index in [9.17, 15) is 14.4 Å². The molecule has 0 aliphatic carbocycles. The number of likely N-dealkylation sites (N-methyl/N-ethyl adjacent to an activating group) is 1. The topological polar surface area (TPSA) is 136 Å². The highest BCUT2D eigenvalue weighted by molar-refractivity contribution is 5.98. The van der Waals surface area contributed by atoms with Gasteiger partial charge in [0.1, 0.15) is 11.7 Å². The van der Waals surface area contributed by atoms with Gasteiger partial charge in [-0.2, -0.15) is 0 Å². The second-order valence-electron chi connectivity index (χ2n) is 9.41. The molecule has 4 heterocycles. The zero-order chi connectivity index (χ0) is 26.4. The minimum atomic E-state index is -0.665. The van der Waals surface area contributed by atoms with Crippen molar-refractivity contribution in [2.24, 2.45) is 0 Å². The van der Waals surface area contributed by atoms with E-state index in [1.807, 2.05) is 36.4 Å². The molecular weight excluding hydrogens is 484 g/mol. The van der Waals surface area contributed by atoms with Gasteiger partial charge in [-0.15, -0.1) is 0 Å². The predicted molar refractivity (Wildman–Crippen MR) is 143 cm³/mol. The molecule has 0 saturated heterocycles. The summed E-state index contributed by atoms with van der Waals surface area (Å²) in [6.45, 7) is 2.25. The number of rotatable bonds is 5. The van der Waals surface area contributed by atoms with Crippen LogP contribution in [0.1, 0.15) is 33.1 Å². The number of amides is 2. The van der Waals surface area contributed by atoms with Gasteiger partial charge in [0.15, 0.2) is 5.76 Å². The van der Waals surface area contributed by atoms with Crippen LogP contribution in [0.25, 0.3) is 21.9 Å². The molecule has 10 nitrogen and oxygen atoms in total. The zero-order valence-corrected chi connectivity index (χ0v) is 20.9. The average Bonchev–Trinajstić information content (AvgIpc) is 3.55. The molecule has 5 aromatic rings. The highest BCUT2D eigenvalue weighted by Crippen LogP contribution is 2.32. The van der Waals surface area contributed by atoms with Crippen LogP contribution in [-0.2, 0) is 24.3 Å². The molecule has 1 unspecified atom stereocenters. The lowest BCUT2D eigenvalue weighted by Crippen LogP contribution is -2.52. The maximum absolute atomic E-state index is 13.8. The molecule has 10 heteroatoms. The summed E-state index contributed by atoms with van der Waals surface area (Å²) in [6.07, 6.45) is 1.89. The van der Waals surface area contributed by atoms with Crippen LogP contribution in [0.3, 0.4) is 0 Å². The van der Waals surface area contributed by atoms with E-state index >= 15 is 0 Å². The van der Waals surface area contributed by atoms with Crippen molar-refractivity contribution in [2.75, 3.05) is 12.4 Å². The molecule has 0 spiro atoms. The number of carbonyl (C=O) groups excluding carboxylic acids is 2. The number of H-pyrrole nitrogens is 2. The Morgan fingerprint density at radius 2 is 1.97 bits per heavy atom. The van der Waals surface area contributed by atoms with Gasteiger partial charge in [-0.3, -0.25) is 14.4 Å². The summed E-state index contributed by atoms with van der Waals surface area (Å²) in [7, 11) is 1.58. The molecular formula is C28H26N6O4. The highest BCUT2D eigenvalue weighted by Gasteiger charge is 2.38. The molecule has 0 bridgehead atoms. The van der Waals surface area contributed by atoms with Crippen molar-refractivity contribution in [1.82, 2.24) is 25.2 Å². The van der Waals surface area contributed by atoms with Gasteiger partial charge in [0, 0.05) is 47.9 Å². The van der Waals surface area contributed by atoms with Crippen LogP contribution in [0, 0.1) is 6.92 Å². The average molecular weight is 511 g/mol. The largest absolute Gasteiger partial charge is 0.459 e. The summed E-state index contributed by atoms with van der Waals surface area (Å²) in [5, 5.41) is 7.07. The fourth-order valence-corrected chi connectivity index (χ4v) is 5.10. The van der Waals surface area contributed by atoms with Crippen LogP contribution in [0.15, 0.2) is 64.0 Å². The molecule has 0 saturated carbocycles. The summed E-state index contributed by atoms with van der Waals surface area (Å²) < 4.78 is 5.65. The number of carbonyl (C=O) groups is 2. The third kappa shape index (κ3) is 4.00. The smallest absolute Gasteiger partial charge is 0.290 e. The molecule has 0 radical (unpaired) electrons. The Balaban J connectivity index is 1.26. The first-order valence-corrected chi connectivity index (χ1v) is 12.3. The van der Waals surface area contributed by atoms with Crippen molar-refractivity contribution in [3.8, 4) is 0 Å². The fraction of sp³-hybridized carbons (Fsp3) is 0.214. The van der Waals surface area contributed by atoms with Crippen LogP contribution in [0.5, 0.6) is 0 Å². The third-order valence-corrected chi connectivity index (χ3v) is 7.10. The van der Waals surface area contributed by atoms with Crippen LogP contribution in [-0.4, -0.2) is 44.8 Å². The Hall–Kier alpha value is -4.86. The number of nitrogens with one attached hydrogen (secondary N) is 4. The first kappa shape index (κ1) is 23.5. The first-order valence-electron chi connectivity index (χ1n) is 12.3. The number of hydrogen-bond donors (Lipinski definition) is 4. The number of nitrogens with zero attached hydrogens (tertiary/aromatic N) is 2. The van der Waals surface area contributed by atoms with Gasteiger partial charge in [-0.1, -0.05) is 18.2 Å². The molecule has 0 fully saturated rings. The first-order chi connectivity index (χ1) is 18.4. The van der Waals surface area contributed by atoms with E-state index in [4.69, 9.17) is 4.42 Å². The standard InChI is InChI=1S/C28H26N6O4/c1-15-26(35)33-21-8-7-17(11-22(21)31-15)30-13-16-9-10-38-25(16)28(37)34-14-23-19(12-24(34)27(36)29-2)18-5-3-4-6-20(18)32-23/h3-11,24,30,32H,12-14H2,1-2H3,(H,29,36)(H,33,35). The molecule has 1 aliphatic heterocycles. The van der Waals surface area contributed by atoms with E-state index in [1.165, 1.54) is 6.26 Å². The molecule has 2 amide bonds. The molecule has 4 N–H and O–H groups in total.